The van der Waals surface area contributed by atoms with Gasteiger partial charge in [0, 0.05) is 42.3 Å². The maximum atomic E-state index is 9.13. The number of fused-ring (bicyclic) bond motifs is 1. The van der Waals surface area contributed by atoms with Crippen LogP contribution < -0.4 is 10.1 Å². The SMILES string of the molecule is C=C/C(=C(/NC)N1C=CC(C#N)=CC1=C)c1cc2cc(OCc3cccnc3)ccc2o1. The van der Waals surface area contributed by atoms with Crippen molar-refractivity contribution >= 4 is 16.5 Å². The summed E-state index contributed by atoms with van der Waals surface area (Å²) in [6.45, 7) is 8.47. The largest absolute Gasteiger partial charge is 0.489 e. The molecule has 1 aromatic carbocycles. The molecule has 1 N–H and O–H groups in total. The molecule has 0 fully saturated rings. The molecular weight excluding hydrogens is 400 g/mol. The molecule has 0 atom stereocenters. The molecule has 3 aromatic rings. The van der Waals surface area contributed by atoms with Crippen molar-refractivity contribution in [2.75, 3.05) is 7.05 Å². The van der Waals surface area contributed by atoms with Gasteiger partial charge >= 0.3 is 0 Å². The molecule has 32 heavy (non-hydrogen) atoms. The fourth-order valence-corrected chi connectivity index (χ4v) is 3.43. The fraction of sp³-hybridized carbons (Fsp3) is 0.0769. The van der Waals surface area contributed by atoms with E-state index in [0.29, 0.717) is 23.6 Å². The Labute approximate surface area is 186 Å². The van der Waals surface area contributed by atoms with Crippen molar-refractivity contribution in [3.63, 3.8) is 0 Å². The van der Waals surface area contributed by atoms with Crippen LogP contribution in [0.3, 0.4) is 0 Å². The van der Waals surface area contributed by atoms with E-state index in [0.717, 1.165) is 33.7 Å². The van der Waals surface area contributed by atoms with E-state index < -0.39 is 0 Å². The molecule has 1 aliphatic heterocycles. The normalized spacial score (nSPS) is 13.9. The van der Waals surface area contributed by atoms with E-state index in [1.54, 1.807) is 36.8 Å². The van der Waals surface area contributed by atoms with E-state index in [1.807, 2.05) is 48.3 Å². The lowest BCUT2D eigenvalue weighted by Gasteiger charge is -2.27. The van der Waals surface area contributed by atoms with E-state index in [1.165, 1.54) is 0 Å². The Kier molecular flexibility index (Phi) is 5.91. The molecule has 0 unspecified atom stereocenters. The second-order valence-corrected chi connectivity index (χ2v) is 7.07. The fourth-order valence-electron chi connectivity index (χ4n) is 3.43. The van der Waals surface area contributed by atoms with Crippen molar-refractivity contribution < 1.29 is 9.15 Å². The van der Waals surface area contributed by atoms with Gasteiger partial charge in [-0.2, -0.15) is 5.26 Å². The van der Waals surface area contributed by atoms with Crippen LogP contribution in [0.4, 0.5) is 0 Å². The Hall–Kier alpha value is -4.50. The van der Waals surface area contributed by atoms with Crippen molar-refractivity contribution in [2.45, 2.75) is 6.61 Å². The smallest absolute Gasteiger partial charge is 0.139 e. The predicted molar refractivity (Wildman–Crippen MR) is 125 cm³/mol. The molecule has 3 heterocycles. The first kappa shape index (κ1) is 20.8. The summed E-state index contributed by atoms with van der Waals surface area (Å²) in [6, 6.07) is 13.6. The number of benzene rings is 1. The van der Waals surface area contributed by atoms with Gasteiger partial charge in [-0.05, 0) is 42.5 Å². The van der Waals surface area contributed by atoms with Gasteiger partial charge in [0.1, 0.15) is 29.5 Å². The average molecular weight is 422 g/mol. The van der Waals surface area contributed by atoms with Gasteiger partial charge in [-0.1, -0.05) is 25.3 Å². The molecule has 6 heteroatoms. The van der Waals surface area contributed by atoms with E-state index >= 15 is 0 Å². The lowest BCUT2D eigenvalue weighted by Crippen LogP contribution is -2.26. The predicted octanol–water partition coefficient (Wildman–Crippen LogP) is 5.27. The molecule has 0 radical (unpaired) electrons. The molecule has 0 aliphatic carbocycles. The Morgan fingerprint density at radius 1 is 1.34 bits per heavy atom. The molecular formula is C26H22N4O2. The Balaban J connectivity index is 1.64. The maximum Gasteiger partial charge on any atom is 0.139 e. The Bertz CT molecular complexity index is 1310. The lowest BCUT2D eigenvalue weighted by molar-refractivity contribution is 0.306. The van der Waals surface area contributed by atoms with Crippen LogP contribution in [0.15, 0.2) is 108 Å². The molecule has 0 saturated heterocycles. The molecule has 6 nitrogen and oxygen atoms in total. The van der Waals surface area contributed by atoms with Crippen LogP contribution in [0.5, 0.6) is 5.75 Å². The topological polar surface area (TPSA) is 74.3 Å². The standard InChI is InChI=1S/C26H22N4O2/c1-4-23(26(28-3)30-11-9-19(15-27)12-18(30)2)25-14-21-13-22(7-8-24(21)32-25)31-17-20-6-5-10-29-16-20/h4-14,16,28H,1-2,17H2,3H3/b26-23+. The van der Waals surface area contributed by atoms with Gasteiger partial charge in [0.05, 0.1) is 17.2 Å². The van der Waals surface area contributed by atoms with Gasteiger partial charge in [-0.25, -0.2) is 0 Å². The number of pyridine rings is 1. The van der Waals surface area contributed by atoms with Gasteiger partial charge in [0.25, 0.3) is 0 Å². The first-order valence-electron chi connectivity index (χ1n) is 10.0. The first-order valence-corrected chi connectivity index (χ1v) is 10.0. The monoisotopic (exact) mass is 422 g/mol. The highest BCUT2D eigenvalue weighted by Gasteiger charge is 2.19. The van der Waals surface area contributed by atoms with Crippen LogP contribution >= 0.6 is 0 Å². The number of rotatable bonds is 7. The number of furan rings is 1. The van der Waals surface area contributed by atoms with Gasteiger partial charge < -0.3 is 19.4 Å². The van der Waals surface area contributed by atoms with E-state index in [4.69, 9.17) is 14.4 Å². The quantitative estimate of drug-likeness (QED) is 0.523. The van der Waals surface area contributed by atoms with Crippen LogP contribution in [0.1, 0.15) is 11.3 Å². The van der Waals surface area contributed by atoms with Crippen molar-refractivity contribution in [1.29, 1.82) is 5.26 Å². The van der Waals surface area contributed by atoms with Gasteiger partial charge in [0.15, 0.2) is 0 Å². The maximum absolute atomic E-state index is 9.13. The summed E-state index contributed by atoms with van der Waals surface area (Å²) in [5.74, 6) is 2.13. The number of allylic oxidation sites excluding steroid dienone is 5. The zero-order valence-corrected chi connectivity index (χ0v) is 17.7. The van der Waals surface area contributed by atoms with Crippen LogP contribution in [0.2, 0.25) is 0 Å². The number of ether oxygens (including phenoxy) is 1. The van der Waals surface area contributed by atoms with Crippen molar-refractivity contribution in [3.8, 4) is 11.8 Å². The third kappa shape index (κ3) is 4.18. The summed E-state index contributed by atoms with van der Waals surface area (Å²) in [7, 11) is 1.82. The zero-order chi connectivity index (χ0) is 22.5. The molecule has 0 spiro atoms. The van der Waals surface area contributed by atoms with E-state index in [9.17, 15) is 0 Å². The van der Waals surface area contributed by atoms with Crippen LogP contribution in [-0.4, -0.2) is 16.9 Å². The van der Waals surface area contributed by atoms with Crippen LogP contribution in [0.25, 0.3) is 16.5 Å². The molecule has 0 bridgehead atoms. The number of hydrogen-bond acceptors (Lipinski definition) is 6. The number of hydrogen-bond donors (Lipinski definition) is 1. The second-order valence-electron chi connectivity index (χ2n) is 7.07. The molecule has 2 aromatic heterocycles. The molecule has 158 valence electrons. The number of nitrogens with one attached hydrogen (secondary N) is 1. The van der Waals surface area contributed by atoms with Crippen molar-refractivity contribution in [3.05, 3.63) is 115 Å². The average Bonchev–Trinajstić information content (AvgIpc) is 3.25. The second kappa shape index (κ2) is 9.11. The highest BCUT2D eigenvalue weighted by atomic mass is 16.5. The summed E-state index contributed by atoms with van der Waals surface area (Å²) >= 11 is 0. The third-order valence-corrected chi connectivity index (χ3v) is 4.98. The minimum Gasteiger partial charge on any atom is -0.489 e. The van der Waals surface area contributed by atoms with E-state index in [2.05, 4.69) is 29.5 Å². The van der Waals surface area contributed by atoms with Gasteiger partial charge in [0.2, 0.25) is 0 Å². The highest BCUT2D eigenvalue weighted by molar-refractivity contribution is 5.85. The summed E-state index contributed by atoms with van der Waals surface area (Å²) in [4.78, 5) is 5.96. The van der Waals surface area contributed by atoms with Gasteiger partial charge in [-0.3, -0.25) is 4.98 Å². The summed E-state index contributed by atoms with van der Waals surface area (Å²) in [5.41, 5.74) is 3.71. The highest BCUT2D eigenvalue weighted by Crippen LogP contribution is 2.32. The minimum absolute atomic E-state index is 0.438. The van der Waals surface area contributed by atoms with Crippen LogP contribution in [0, 0.1) is 11.3 Å². The summed E-state index contributed by atoms with van der Waals surface area (Å²) < 4.78 is 12.0. The number of aromatic nitrogens is 1. The molecule has 0 saturated carbocycles. The zero-order valence-electron chi connectivity index (χ0n) is 17.7. The molecule has 4 rings (SSSR count). The van der Waals surface area contributed by atoms with E-state index in [-0.39, 0.29) is 0 Å². The number of nitriles is 1. The number of nitrogens with zero attached hydrogens (tertiary/aromatic N) is 3. The van der Waals surface area contributed by atoms with Crippen molar-refractivity contribution in [1.82, 2.24) is 15.2 Å². The minimum atomic E-state index is 0.438. The lowest BCUT2D eigenvalue weighted by atomic mass is 10.1. The first-order chi connectivity index (χ1) is 15.6. The Morgan fingerprint density at radius 3 is 2.91 bits per heavy atom. The summed E-state index contributed by atoms with van der Waals surface area (Å²) in [5, 5.41) is 13.2. The third-order valence-electron chi connectivity index (χ3n) is 4.98. The summed E-state index contributed by atoms with van der Waals surface area (Å²) in [6.07, 6.45) is 10.5. The Morgan fingerprint density at radius 2 is 2.22 bits per heavy atom. The molecule has 0 amide bonds. The van der Waals surface area contributed by atoms with Crippen molar-refractivity contribution in [2.24, 2.45) is 0 Å². The molecule has 1 aliphatic rings. The van der Waals surface area contributed by atoms with Crippen LogP contribution in [-0.2, 0) is 6.61 Å². The van der Waals surface area contributed by atoms with Gasteiger partial charge in [-0.15, -0.1) is 0 Å².